The van der Waals surface area contributed by atoms with Crippen molar-refractivity contribution in [2.75, 3.05) is 6.61 Å². The van der Waals surface area contributed by atoms with Crippen LogP contribution in [0.2, 0.25) is 0 Å². The first-order chi connectivity index (χ1) is 12.6. The Labute approximate surface area is 160 Å². The van der Waals surface area contributed by atoms with Crippen molar-refractivity contribution in [3.63, 3.8) is 0 Å². The summed E-state index contributed by atoms with van der Waals surface area (Å²) in [5, 5.41) is 20.1. The highest BCUT2D eigenvalue weighted by Crippen LogP contribution is 2.38. The average molecular weight is 421 g/mol. The monoisotopic (exact) mass is 421 g/mol. The van der Waals surface area contributed by atoms with Crippen LogP contribution in [0.5, 0.6) is 0 Å². The second-order valence-corrected chi connectivity index (χ2v) is 7.19. The molecule has 0 aromatic carbocycles. The summed E-state index contributed by atoms with van der Waals surface area (Å²) in [6.07, 6.45) is -2.41. The third-order valence-corrected chi connectivity index (χ3v) is 4.35. The van der Waals surface area contributed by atoms with Crippen LogP contribution in [0.1, 0.15) is 38.0 Å². The summed E-state index contributed by atoms with van der Waals surface area (Å²) in [4.78, 5) is 43.4. The topological polar surface area (TPSA) is 206 Å². The van der Waals surface area contributed by atoms with Crippen LogP contribution >= 0.6 is 7.82 Å². The average Bonchev–Trinajstić information content (AvgIpc) is 2.86. The molecule has 0 bridgehead atoms. The molecule has 13 heteroatoms. The molecule has 1 aliphatic heterocycles. The minimum Gasteiger partial charge on any atom is -0.387 e. The molecule has 0 aliphatic carbocycles. The van der Waals surface area contributed by atoms with E-state index in [1.807, 2.05) is 6.92 Å². The lowest BCUT2D eigenvalue weighted by molar-refractivity contribution is -0.0543. The predicted octanol–water partition coefficient (Wildman–Crippen LogP) is -1.03. The highest BCUT2D eigenvalue weighted by atomic mass is 31.2. The standard InChI is InChI=1S/C15H21N2O9P.H3N/c1-2-3-4-5-6-9-7-17(15(21)16-13(9)20)14-12(19)11(18)10(26-14)8-25-27(22,23)24;/h7,10-12,14,18-19H,2-4,8H2,1H3,(H,16,20,21)(H2,22,23,24);1H3/t10-,11-,12-,14-;/m1./s1. The summed E-state index contributed by atoms with van der Waals surface area (Å²) in [7, 11) is -4.81. The summed E-state index contributed by atoms with van der Waals surface area (Å²) in [5.41, 5.74) is -1.62. The summed E-state index contributed by atoms with van der Waals surface area (Å²) in [6, 6.07) is 0. The van der Waals surface area contributed by atoms with Gasteiger partial charge in [-0.25, -0.2) is 9.36 Å². The van der Waals surface area contributed by atoms with E-state index in [2.05, 4.69) is 21.3 Å². The van der Waals surface area contributed by atoms with Gasteiger partial charge in [0.15, 0.2) is 6.23 Å². The van der Waals surface area contributed by atoms with Gasteiger partial charge >= 0.3 is 13.5 Å². The lowest BCUT2D eigenvalue weighted by atomic mass is 10.1. The van der Waals surface area contributed by atoms with E-state index in [1.54, 1.807) is 0 Å². The Kier molecular flexibility index (Phi) is 8.75. The molecule has 1 aromatic rings. The van der Waals surface area contributed by atoms with Gasteiger partial charge in [-0.15, -0.1) is 0 Å². The van der Waals surface area contributed by atoms with Crippen LogP contribution in [0, 0.1) is 11.8 Å². The minimum atomic E-state index is -4.81. The maximum atomic E-state index is 12.1. The highest BCUT2D eigenvalue weighted by molar-refractivity contribution is 7.46. The maximum Gasteiger partial charge on any atom is 0.469 e. The van der Waals surface area contributed by atoms with Gasteiger partial charge in [0, 0.05) is 12.6 Å². The quantitative estimate of drug-likeness (QED) is 0.187. The van der Waals surface area contributed by atoms with Gasteiger partial charge in [-0.3, -0.25) is 18.9 Å². The molecular formula is C15H24N3O9P. The molecule has 8 N–H and O–H groups in total. The summed E-state index contributed by atoms with van der Waals surface area (Å²) < 4.78 is 21.2. The maximum absolute atomic E-state index is 12.1. The number of aromatic nitrogens is 2. The highest BCUT2D eigenvalue weighted by Gasteiger charge is 2.45. The number of nitrogens with zero attached hydrogens (tertiary/aromatic N) is 1. The van der Waals surface area contributed by atoms with Gasteiger partial charge in [0.05, 0.1) is 6.61 Å². The Balaban J connectivity index is 0.00000392. The molecule has 28 heavy (non-hydrogen) atoms. The number of phosphoric ester groups is 1. The van der Waals surface area contributed by atoms with Crippen molar-refractivity contribution in [2.45, 2.75) is 50.7 Å². The van der Waals surface area contributed by atoms with Crippen molar-refractivity contribution in [1.29, 1.82) is 0 Å². The second-order valence-electron chi connectivity index (χ2n) is 5.95. The van der Waals surface area contributed by atoms with Gasteiger partial charge in [-0.1, -0.05) is 25.2 Å². The molecule has 0 amide bonds. The number of phosphoric acid groups is 1. The first kappa shape index (κ1) is 24.2. The van der Waals surface area contributed by atoms with Gasteiger partial charge in [-0.05, 0) is 6.42 Å². The number of aromatic amines is 1. The van der Waals surface area contributed by atoms with Crippen molar-refractivity contribution < 1.29 is 33.8 Å². The van der Waals surface area contributed by atoms with E-state index < -0.39 is 50.2 Å². The Hall–Kier alpha value is -1.81. The lowest BCUT2D eigenvalue weighted by Crippen LogP contribution is -2.38. The summed E-state index contributed by atoms with van der Waals surface area (Å²) in [5.74, 6) is 5.44. The third kappa shape index (κ3) is 6.10. The zero-order valence-electron chi connectivity index (χ0n) is 15.1. The Bertz CT molecular complexity index is 881. The number of rotatable bonds is 6. The normalized spacial score (nSPS) is 24.3. The molecule has 2 rings (SSSR count). The van der Waals surface area contributed by atoms with Gasteiger partial charge in [-0.2, -0.15) is 0 Å². The lowest BCUT2D eigenvalue weighted by Gasteiger charge is -2.17. The molecule has 0 saturated carbocycles. The van der Waals surface area contributed by atoms with Crippen molar-refractivity contribution in [2.24, 2.45) is 0 Å². The van der Waals surface area contributed by atoms with Gasteiger partial charge < -0.3 is 30.9 Å². The molecule has 0 spiro atoms. The van der Waals surface area contributed by atoms with Gasteiger partial charge in [0.1, 0.15) is 23.9 Å². The molecule has 1 aliphatic rings. The van der Waals surface area contributed by atoms with Crippen molar-refractivity contribution in [3.05, 3.63) is 32.6 Å². The van der Waals surface area contributed by atoms with E-state index in [0.717, 1.165) is 23.6 Å². The van der Waals surface area contributed by atoms with E-state index in [4.69, 9.17) is 14.5 Å². The van der Waals surface area contributed by atoms with Crippen LogP contribution < -0.4 is 17.4 Å². The molecule has 1 aromatic heterocycles. The Morgan fingerprint density at radius 3 is 2.61 bits per heavy atom. The Morgan fingerprint density at radius 1 is 1.32 bits per heavy atom. The number of hydrogen-bond donors (Lipinski definition) is 6. The smallest absolute Gasteiger partial charge is 0.387 e. The van der Waals surface area contributed by atoms with E-state index in [-0.39, 0.29) is 11.7 Å². The van der Waals surface area contributed by atoms with Gasteiger partial charge in [0.25, 0.3) is 5.56 Å². The zero-order valence-corrected chi connectivity index (χ0v) is 16.0. The van der Waals surface area contributed by atoms with E-state index in [9.17, 15) is 24.4 Å². The fourth-order valence-corrected chi connectivity index (χ4v) is 2.79. The number of hydrogen-bond acceptors (Lipinski definition) is 8. The van der Waals surface area contributed by atoms with Gasteiger partial charge in [0.2, 0.25) is 0 Å². The molecule has 1 fully saturated rings. The molecule has 0 unspecified atom stereocenters. The number of aliphatic hydroxyl groups is 2. The fourth-order valence-electron chi connectivity index (χ4n) is 2.45. The second kappa shape index (κ2) is 10.1. The molecule has 2 heterocycles. The first-order valence-electron chi connectivity index (χ1n) is 8.20. The van der Waals surface area contributed by atoms with Crippen molar-refractivity contribution in [1.82, 2.24) is 15.7 Å². The van der Waals surface area contributed by atoms with E-state index in [1.165, 1.54) is 0 Å². The van der Waals surface area contributed by atoms with Crippen LogP contribution in [-0.2, 0) is 13.8 Å². The predicted molar refractivity (Wildman–Crippen MR) is 96.7 cm³/mol. The molecule has 158 valence electrons. The molecule has 4 atom stereocenters. The molecule has 1 saturated heterocycles. The first-order valence-corrected chi connectivity index (χ1v) is 9.73. The largest absolute Gasteiger partial charge is 0.469 e. The summed E-state index contributed by atoms with van der Waals surface area (Å²) in [6.45, 7) is 1.28. The van der Waals surface area contributed by atoms with E-state index >= 15 is 0 Å². The molecule has 12 nitrogen and oxygen atoms in total. The van der Waals surface area contributed by atoms with Crippen LogP contribution in [0.25, 0.3) is 0 Å². The number of H-pyrrole nitrogens is 1. The minimum absolute atomic E-state index is 0. The third-order valence-electron chi connectivity index (χ3n) is 3.86. The number of unbranched alkanes of at least 4 members (excludes halogenated alkanes) is 2. The number of nitrogens with one attached hydrogen (secondary N) is 1. The zero-order chi connectivity index (χ0) is 20.2. The van der Waals surface area contributed by atoms with Crippen LogP contribution in [-0.4, -0.2) is 54.5 Å². The van der Waals surface area contributed by atoms with Crippen LogP contribution in [0.4, 0.5) is 0 Å². The summed E-state index contributed by atoms with van der Waals surface area (Å²) >= 11 is 0. The van der Waals surface area contributed by atoms with Crippen molar-refractivity contribution >= 4 is 7.82 Å². The number of aliphatic hydroxyl groups excluding tert-OH is 2. The molecule has 0 radical (unpaired) electrons. The van der Waals surface area contributed by atoms with Crippen molar-refractivity contribution in [3.8, 4) is 11.8 Å². The fraction of sp³-hybridized carbons (Fsp3) is 0.600. The number of ether oxygens (including phenoxy) is 1. The van der Waals surface area contributed by atoms with Crippen LogP contribution in [0.3, 0.4) is 0 Å². The Morgan fingerprint density at radius 2 is 2.00 bits per heavy atom. The van der Waals surface area contributed by atoms with E-state index in [0.29, 0.717) is 6.42 Å². The molecular weight excluding hydrogens is 397 g/mol. The van der Waals surface area contributed by atoms with Crippen LogP contribution in [0.15, 0.2) is 15.8 Å². The SMILES string of the molecule is CCCCC#Cc1cn([C@@H]2O[C@H](COP(=O)(O)O)[C@@H](O)[C@H]2O)c(=O)[nH]c1=O.N.